The number of non-ortho nitro benzene ring substituents is 1. The molecule has 0 aliphatic carbocycles. The highest BCUT2D eigenvalue weighted by Gasteiger charge is 2.18. The third kappa shape index (κ3) is 4.35. The smallest absolute Gasteiger partial charge is 0.269 e. The number of aryl methyl sites for hydroxylation is 1. The summed E-state index contributed by atoms with van der Waals surface area (Å²) in [5.74, 6) is 0. The van der Waals surface area contributed by atoms with E-state index in [4.69, 9.17) is 0 Å². The van der Waals surface area contributed by atoms with Crippen molar-refractivity contribution in [3.05, 3.63) is 69.3 Å². The minimum absolute atomic E-state index is 0.0792. The molecule has 1 unspecified atom stereocenters. The summed E-state index contributed by atoms with van der Waals surface area (Å²) in [6, 6.07) is 13.1. The first kappa shape index (κ1) is 17.4. The van der Waals surface area contributed by atoms with Gasteiger partial charge in [-0.1, -0.05) is 24.3 Å². The molecule has 0 saturated carbocycles. The zero-order chi connectivity index (χ0) is 17.8. The number of rotatable bonds is 6. The topological polar surface area (TPSA) is 78.6 Å². The van der Waals surface area contributed by atoms with Crippen molar-refractivity contribution < 1.29 is 10.0 Å². The van der Waals surface area contributed by atoms with E-state index < -0.39 is 11.0 Å². The summed E-state index contributed by atoms with van der Waals surface area (Å²) in [6.07, 6.45) is 0.512. The summed E-state index contributed by atoms with van der Waals surface area (Å²) >= 11 is 0. The standard InChI is InChI=1S/C19H23N3O3/c1-14-10-17(22(24)25)6-7-19(14)20-11-18(23)13-21-9-8-15-4-2-3-5-16(15)12-21/h2-7,10,18,20,23H,8-9,11-13H2,1H3. The molecule has 0 saturated heterocycles. The quantitative estimate of drug-likeness (QED) is 0.624. The summed E-state index contributed by atoms with van der Waals surface area (Å²) in [6.45, 7) is 4.65. The van der Waals surface area contributed by atoms with E-state index in [1.54, 1.807) is 6.07 Å². The van der Waals surface area contributed by atoms with E-state index >= 15 is 0 Å². The molecule has 1 aliphatic rings. The van der Waals surface area contributed by atoms with Crippen molar-refractivity contribution in [1.82, 2.24) is 4.90 Å². The van der Waals surface area contributed by atoms with Crippen molar-refractivity contribution in [3.8, 4) is 0 Å². The first-order chi connectivity index (χ1) is 12.0. The number of anilines is 1. The number of nitro benzene ring substituents is 1. The van der Waals surface area contributed by atoms with E-state index in [1.165, 1.54) is 23.3 Å². The molecule has 6 nitrogen and oxygen atoms in total. The Hall–Kier alpha value is -2.44. The lowest BCUT2D eigenvalue weighted by atomic mass is 10.00. The highest BCUT2D eigenvalue weighted by molar-refractivity contribution is 5.55. The van der Waals surface area contributed by atoms with E-state index in [-0.39, 0.29) is 5.69 Å². The van der Waals surface area contributed by atoms with Crippen molar-refractivity contribution in [2.45, 2.75) is 26.0 Å². The van der Waals surface area contributed by atoms with Crippen LogP contribution in [0.5, 0.6) is 0 Å². The van der Waals surface area contributed by atoms with Crippen LogP contribution in [0, 0.1) is 17.0 Å². The minimum atomic E-state index is -0.500. The molecule has 0 radical (unpaired) electrons. The summed E-state index contributed by atoms with van der Waals surface area (Å²) in [4.78, 5) is 12.6. The molecule has 0 amide bonds. The molecule has 2 aromatic rings. The first-order valence-corrected chi connectivity index (χ1v) is 8.49. The zero-order valence-corrected chi connectivity index (χ0v) is 14.3. The molecule has 0 bridgehead atoms. The van der Waals surface area contributed by atoms with Gasteiger partial charge in [0.15, 0.2) is 0 Å². The van der Waals surface area contributed by atoms with Gasteiger partial charge in [-0.2, -0.15) is 0 Å². The van der Waals surface area contributed by atoms with Gasteiger partial charge in [-0.3, -0.25) is 15.0 Å². The van der Waals surface area contributed by atoms with Crippen molar-refractivity contribution in [2.75, 3.05) is 25.0 Å². The van der Waals surface area contributed by atoms with E-state index in [2.05, 4.69) is 34.5 Å². The molecular formula is C19H23N3O3. The molecule has 132 valence electrons. The summed E-state index contributed by atoms with van der Waals surface area (Å²) in [7, 11) is 0. The van der Waals surface area contributed by atoms with Crippen LogP contribution in [0.4, 0.5) is 11.4 Å². The number of aliphatic hydroxyl groups is 1. The number of nitrogens with one attached hydrogen (secondary N) is 1. The first-order valence-electron chi connectivity index (χ1n) is 8.49. The average Bonchev–Trinajstić information content (AvgIpc) is 2.60. The van der Waals surface area contributed by atoms with Crippen LogP contribution in [-0.2, 0) is 13.0 Å². The maximum atomic E-state index is 10.8. The van der Waals surface area contributed by atoms with Crippen molar-refractivity contribution in [1.29, 1.82) is 0 Å². The lowest BCUT2D eigenvalue weighted by Crippen LogP contribution is -2.39. The fourth-order valence-corrected chi connectivity index (χ4v) is 3.26. The van der Waals surface area contributed by atoms with Crippen LogP contribution >= 0.6 is 0 Å². The number of β-amino-alcohol motifs (C(OH)–C–C–N with tert-alkyl or cyclic N) is 1. The summed E-state index contributed by atoms with van der Waals surface area (Å²) in [5.41, 5.74) is 4.42. The predicted octanol–water partition coefficient (Wildman–Crippen LogP) is 2.73. The number of benzene rings is 2. The molecule has 25 heavy (non-hydrogen) atoms. The van der Waals surface area contributed by atoms with Crippen molar-refractivity contribution in [3.63, 3.8) is 0 Å². The van der Waals surface area contributed by atoms with Crippen molar-refractivity contribution >= 4 is 11.4 Å². The van der Waals surface area contributed by atoms with Crippen LogP contribution in [0.3, 0.4) is 0 Å². The van der Waals surface area contributed by atoms with Crippen LogP contribution < -0.4 is 5.32 Å². The predicted molar refractivity (Wildman–Crippen MR) is 97.8 cm³/mol. The summed E-state index contributed by atoms with van der Waals surface area (Å²) in [5, 5.41) is 24.3. The molecule has 1 heterocycles. The molecule has 3 rings (SSSR count). The second kappa shape index (κ2) is 7.63. The molecule has 1 aliphatic heterocycles. The Morgan fingerprint density at radius 1 is 1.28 bits per heavy atom. The number of nitrogens with zero attached hydrogens (tertiary/aromatic N) is 2. The maximum Gasteiger partial charge on any atom is 0.269 e. The molecule has 0 aromatic heterocycles. The van der Waals surface area contributed by atoms with Gasteiger partial charge in [0.2, 0.25) is 0 Å². The molecular weight excluding hydrogens is 318 g/mol. The van der Waals surface area contributed by atoms with Gasteiger partial charge in [0.25, 0.3) is 5.69 Å². The van der Waals surface area contributed by atoms with Crippen molar-refractivity contribution in [2.24, 2.45) is 0 Å². The van der Waals surface area contributed by atoms with Crippen LogP contribution in [0.15, 0.2) is 42.5 Å². The van der Waals surface area contributed by atoms with Crippen LogP contribution in [0.2, 0.25) is 0 Å². The van der Waals surface area contributed by atoms with Gasteiger partial charge in [0.05, 0.1) is 11.0 Å². The molecule has 0 spiro atoms. The molecule has 0 fully saturated rings. The van der Waals surface area contributed by atoms with Gasteiger partial charge in [-0.15, -0.1) is 0 Å². The van der Waals surface area contributed by atoms with E-state index in [0.29, 0.717) is 13.1 Å². The Balaban J connectivity index is 1.52. The number of fused-ring (bicyclic) bond motifs is 1. The van der Waals surface area contributed by atoms with E-state index in [1.807, 2.05) is 6.92 Å². The normalized spacial score (nSPS) is 15.4. The van der Waals surface area contributed by atoms with Gasteiger partial charge in [0.1, 0.15) is 0 Å². The van der Waals surface area contributed by atoms with Crippen LogP contribution in [-0.4, -0.2) is 40.7 Å². The molecule has 2 N–H and O–H groups in total. The largest absolute Gasteiger partial charge is 0.390 e. The van der Waals surface area contributed by atoms with Gasteiger partial charge in [-0.05, 0) is 36.1 Å². The third-order valence-corrected chi connectivity index (χ3v) is 4.63. The number of hydrogen-bond acceptors (Lipinski definition) is 5. The van der Waals surface area contributed by atoms with E-state index in [0.717, 1.165) is 30.8 Å². The Morgan fingerprint density at radius 2 is 2.04 bits per heavy atom. The van der Waals surface area contributed by atoms with Crippen LogP contribution in [0.25, 0.3) is 0 Å². The Kier molecular flexibility index (Phi) is 5.31. The molecule has 6 heteroatoms. The maximum absolute atomic E-state index is 10.8. The van der Waals surface area contributed by atoms with E-state index in [9.17, 15) is 15.2 Å². The SMILES string of the molecule is Cc1cc([N+](=O)[O-])ccc1NCC(O)CN1CCc2ccccc2C1. The fraction of sp³-hybridized carbons (Fsp3) is 0.368. The lowest BCUT2D eigenvalue weighted by molar-refractivity contribution is -0.384. The Bertz CT molecular complexity index is 763. The second-order valence-electron chi connectivity index (χ2n) is 6.54. The minimum Gasteiger partial charge on any atom is -0.390 e. The number of aliphatic hydroxyl groups excluding tert-OH is 1. The van der Waals surface area contributed by atoms with Crippen LogP contribution in [0.1, 0.15) is 16.7 Å². The lowest BCUT2D eigenvalue weighted by Gasteiger charge is -2.30. The van der Waals surface area contributed by atoms with Gasteiger partial charge in [0, 0.05) is 44.0 Å². The number of hydrogen-bond donors (Lipinski definition) is 2. The van der Waals surface area contributed by atoms with Gasteiger partial charge < -0.3 is 10.4 Å². The Morgan fingerprint density at radius 3 is 2.76 bits per heavy atom. The zero-order valence-electron chi connectivity index (χ0n) is 14.3. The monoisotopic (exact) mass is 341 g/mol. The second-order valence-corrected chi connectivity index (χ2v) is 6.54. The van der Waals surface area contributed by atoms with Gasteiger partial charge in [-0.25, -0.2) is 0 Å². The average molecular weight is 341 g/mol. The Labute approximate surface area is 147 Å². The summed E-state index contributed by atoms with van der Waals surface area (Å²) < 4.78 is 0. The highest BCUT2D eigenvalue weighted by Crippen LogP contribution is 2.21. The third-order valence-electron chi connectivity index (χ3n) is 4.63. The highest BCUT2D eigenvalue weighted by atomic mass is 16.6. The fourth-order valence-electron chi connectivity index (χ4n) is 3.26. The molecule has 1 atom stereocenters. The molecule has 2 aromatic carbocycles. The number of nitro groups is 1. The van der Waals surface area contributed by atoms with Gasteiger partial charge >= 0.3 is 0 Å².